The van der Waals surface area contributed by atoms with E-state index in [1.54, 1.807) is 0 Å². The molecule has 12 aromatic carbocycles. The second kappa shape index (κ2) is 15.9. The fraction of sp³-hybridized carbons (Fsp3) is 0. The van der Waals surface area contributed by atoms with Crippen molar-refractivity contribution in [3.05, 3.63) is 261 Å². The van der Waals surface area contributed by atoms with Gasteiger partial charge >= 0.3 is 0 Å². The third-order valence-electron chi connectivity index (χ3n) is 14.7. The zero-order valence-corrected chi connectivity index (χ0v) is 39.5. The van der Waals surface area contributed by atoms with Crippen LogP contribution in [-0.2, 0) is 0 Å². The summed E-state index contributed by atoms with van der Waals surface area (Å²) in [5.74, 6) is 0. The first-order chi connectivity index (χ1) is 34.3. The molecular weight excluding hydrogens is 867 g/mol. The lowest BCUT2D eigenvalue weighted by atomic mass is 9.90. The molecule has 69 heavy (non-hydrogen) atoms. The molecule has 0 bridgehead atoms. The lowest BCUT2D eigenvalue weighted by molar-refractivity contribution is 1.19. The minimum absolute atomic E-state index is 1.18. The molecule has 14 rings (SSSR count). The second-order valence-corrected chi connectivity index (χ2v) is 23.2. The zero-order chi connectivity index (χ0) is 45.5. The zero-order valence-electron chi connectivity index (χ0n) is 37.7. The van der Waals surface area contributed by atoms with Gasteiger partial charge in [0.25, 0.3) is 0 Å². The van der Waals surface area contributed by atoms with Gasteiger partial charge in [-0.25, -0.2) is 0 Å². The lowest BCUT2D eigenvalue weighted by Gasteiger charge is -2.36. The van der Waals surface area contributed by atoms with Gasteiger partial charge in [-0.15, -0.1) is 11.3 Å². The van der Waals surface area contributed by atoms with Crippen LogP contribution in [0.25, 0.3) is 102 Å². The first-order valence-corrected chi connectivity index (χ1v) is 26.7. The van der Waals surface area contributed by atoms with Crippen LogP contribution in [0.4, 0.5) is 0 Å². The molecule has 2 aromatic heterocycles. The van der Waals surface area contributed by atoms with Crippen LogP contribution in [0, 0.1) is 0 Å². The van der Waals surface area contributed by atoms with Gasteiger partial charge in [-0.2, -0.15) is 0 Å². The van der Waals surface area contributed by atoms with Crippen molar-refractivity contribution >= 4 is 114 Å². The number of aromatic nitrogens is 1. The molecule has 0 unspecified atom stereocenters. The molecule has 0 radical (unpaired) electrons. The molecule has 0 atom stereocenters. The van der Waals surface area contributed by atoms with Gasteiger partial charge in [-0.3, -0.25) is 0 Å². The minimum atomic E-state index is -3.08. The van der Waals surface area contributed by atoms with Crippen LogP contribution >= 0.6 is 11.3 Å². The number of benzene rings is 12. The van der Waals surface area contributed by atoms with Crippen LogP contribution < -0.4 is 20.7 Å². The molecule has 0 aliphatic heterocycles. The Hall–Kier alpha value is -8.34. The fourth-order valence-electron chi connectivity index (χ4n) is 11.8. The van der Waals surface area contributed by atoms with Gasteiger partial charge in [0, 0.05) is 42.1 Å². The van der Waals surface area contributed by atoms with Crippen molar-refractivity contribution in [2.75, 3.05) is 0 Å². The molecule has 0 aliphatic carbocycles. The third kappa shape index (κ3) is 6.01. The second-order valence-electron chi connectivity index (χ2n) is 18.3. The normalized spacial score (nSPS) is 12.1. The van der Waals surface area contributed by atoms with Crippen LogP contribution in [0.15, 0.2) is 261 Å². The highest BCUT2D eigenvalue weighted by Crippen LogP contribution is 2.49. The Morgan fingerprint density at radius 1 is 0.275 bits per heavy atom. The Bertz CT molecular complexity index is 4090. The Balaban J connectivity index is 1.26. The molecule has 322 valence electrons. The maximum Gasteiger partial charge on any atom is 0.179 e. The molecule has 3 heteroatoms. The van der Waals surface area contributed by atoms with E-state index in [9.17, 15) is 0 Å². The van der Waals surface area contributed by atoms with Crippen molar-refractivity contribution in [2.45, 2.75) is 0 Å². The van der Waals surface area contributed by atoms with E-state index in [-0.39, 0.29) is 0 Å². The van der Waals surface area contributed by atoms with Gasteiger partial charge in [0.15, 0.2) is 8.07 Å². The van der Waals surface area contributed by atoms with Crippen LogP contribution in [0.5, 0.6) is 0 Å². The van der Waals surface area contributed by atoms with Crippen molar-refractivity contribution in [3.63, 3.8) is 0 Å². The summed E-state index contributed by atoms with van der Waals surface area (Å²) in [6, 6.07) is 98.4. The van der Waals surface area contributed by atoms with Crippen molar-refractivity contribution in [1.82, 2.24) is 4.57 Å². The minimum Gasteiger partial charge on any atom is -0.308 e. The number of fused-ring (bicyclic) bond motifs is 11. The summed E-state index contributed by atoms with van der Waals surface area (Å²) in [5, 5.41) is 18.0. The highest BCUT2D eigenvalue weighted by molar-refractivity contribution is 7.26. The van der Waals surface area contributed by atoms with E-state index in [1.165, 1.54) is 123 Å². The molecule has 0 N–H and O–H groups in total. The number of hydrogen-bond acceptors (Lipinski definition) is 1. The van der Waals surface area contributed by atoms with E-state index < -0.39 is 8.07 Å². The summed E-state index contributed by atoms with van der Waals surface area (Å²) in [6.07, 6.45) is 0. The molecule has 0 fully saturated rings. The summed E-state index contributed by atoms with van der Waals surface area (Å²) in [4.78, 5) is 0. The van der Waals surface area contributed by atoms with E-state index in [0.29, 0.717) is 0 Å². The van der Waals surface area contributed by atoms with E-state index in [2.05, 4.69) is 265 Å². The summed E-state index contributed by atoms with van der Waals surface area (Å²) in [5.41, 5.74) is 8.40. The molecule has 0 aliphatic rings. The predicted octanol–water partition coefficient (Wildman–Crippen LogP) is 15.3. The number of thiophene rings is 1. The third-order valence-corrected chi connectivity index (χ3v) is 20.6. The topological polar surface area (TPSA) is 4.93 Å². The highest BCUT2D eigenvalue weighted by atomic mass is 32.1. The van der Waals surface area contributed by atoms with Crippen molar-refractivity contribution in [2.24, 2.45) is 0 Å². The SMILES string of the molecule is c1ccc([Si](c2ccccc2)(c2ccccc2)c2cc(-c3cccc4ccccc34)c(-n3c4ccc5ccccc5c4c4c5c(ccc43)sc3ccccc35)c(-c3cccc4ccccc34)c2)cc1. The average molecular weight is 910 g/mol. The Morgan fingerprint density at radius 3 is 1.28 bits per heavy atom. The summed E-state index contributed by atoms with van der Waals surface area (Å²) >= 11 is 1.89. The summed E-state index contributed by atoms with van der Waals surface area (Å²) < 4.78 is 5.26. The van der Waals surface area contributed by atoms with Crippen LogP contribution in [0.3, 0.4) is 0 Å². The predicted molar refractivity (Wildman–Crippen MR) is 301 cm³/mol. The summed E-state index contributed by atoms with van der Waals surface area (Å²) in [6.45, 7) is 0. The molecule has 0 saturated heterocycles. The van der Waals surface area contributed by atoms with Gasteiger partial charge < -0.3 is 4.57 Å². The van der Waals surface area contributed by atoms with E-state index in [1.807, 2.05) is 11.3 Å². The van der Waals surface area contributed by atoms with Crippen LogP contribution in [-0.4, -0.2) is 12.6 Å². The molecule has 0 saturated carbocycles. The Morgan fingerprint density at radius 2 is 0.710 bits per heavy atom. The van der Waals surface area contributed by atoms with Crippen molar-refractivity contribution in [3.8, 4) is 27.9 Å². The van der Waals surface area contributed by atoms with Crippen LogP contribution in [0.2, 0.25) is 0 Å². The van der Waals surface area contributed by atoms with E-state index >= 15 is 0 Å². The molecule has 14 aromatic rings. The van der Waals surface area contributed by atoms with Crippen molar-refractivity contribution < 1.29 is 0 Å². The summed E-state index contributed by atoms with van der Waals surface area (Å²) in [7, 11) is -3.08. The molecular formula is C66H43NSSi. The molecule has 0 amide bonds. The fourth-order valence-corrected chi connectivity index (χ4v) is 17.7. The average Bonchev–Trinajstić information content (AvgIpc) is 3.97. The molecule has 2 heterocycles. The van der Waals surface area contributed by atoms with Gasteiger partial charge in [-0.1, -0.05) is 237 Å². The monoisotopic (exact) mass is 909 g/mol. The molecule has 1 nitrogen and oxygen atoms in total. The van der Waals surface area contributed by atoms with Gasteiger partial charge in [-0.05, 0) is 88.5 Å². The maximum absolute atomic E-state index is 3.08. The Labute approximate surface area is 405 Å². The quantitative estimate of drug-likeness (QED) is 0.111. The Kier molecular flexibility index (Phi) is 9.16. The smallest absolute Gasteiger partial charge is 0.179 e. The van der Waals surface area contributed by atoms with Gasteiger partial charge in [0.05, 0.1) is 16.7 Å². The van der Waals surface area contributed by atoms with Gasteiger partial charge in [0.2, 0.25) is 0 Å². The van der Waals surface area contributed by atoms with E-state index in [4.69, 9.17) is 0 Å². The molecule has 0 spiro atoms. The number of rotatable bonds is 7. The highest BCUT2D eigenvalue weighted by Gasteiger charge is 2.42. The van der Waals surface area contributed by atoms with Crippen molar-refractivity contribution in [1.29, 1.82) is 0 Å². The number of nitrogens with zero attached hydrogens (tertiary/aromatic N) is 1. The number of hydrogen-bond donors (Lipinski definition) is 0. The maximum atomic E-state index is 2.65. The lowest BCUT2D eigenvalue weighted by Crippen LogP contribution is -2.74. The largest absolute Gasteiger partial charge is 0.308 e. The van der Waals surface area contributed by atoms with Gasteiger partial charge in [0.1, 0.15) is 0 Å². The first kappa shape index (κ1) is 39.8. The first-order valence-electron chi connectivity index (χ1n) is 23.8. The van der Waals surface area contributed by atoms with E-state index in [0.717, 1.165) is 0 Å². The standard InChI is InChI=1S/C66H43NSSi/c1-4-25-47(26-5-1)69(48-27-6-2-7-28-48,49-29-8-3-9-30-49)50-42-57(54-35-18-23-44-20-10-13-31-51(44)54)66(58(43-50)55-36-19-24-45-21-11-14-32-52(45)55)67-59-39-38-46-22-12-15-33-53(46)63(59)65-60(67)40-41-62-64(65)56-34-16-17-37-61(56)68-62/h1-43H. The van der Waals surface area contributed by atoms with Crippen LogP contribution in [0.1, 0.15) is 0 Å².